The number of hydrogen-bond acceptors (Lipinski definition) is 0. The molecule has 0 aromatic heterocycles. The van der Waals surface area contributed by atoms with Crippen molar-refractivity contribution in [3.63, 3.8) is 0 Å². The van der Waals surface area contributed by atoms with Crippen LogP contribution in [0.5, 0.6) is 0 Å². The first kappa shape index (κ1) is 10.5. The summed E-state index contributed by atoms with van der Waals surface area (Å²) in [6, 6.07) is 18.2. The summed E-state index contributed by atoms with van der Waals surface area (Å²) in [6.45, 7) is 3.84. The Labute approximate surface area is 96.9 Å². The Bertz CT molecular complexity index is 495. The molecular formula is C16H13. The minimum Gasteiger partial charge on any atom is -0.0622 e. The number of rotatable bonds is 1. The van der Waals surface area contributed by atoms with Crippen molar-refractivity contribution in [2.24, 2.45) is 0 Å². The van der Waals surface area contributed by atoms with Gasteiger partial charge in [0.1, 0.15) is 0 Å². The van der Waals surface area contributed by atoms with Crippen molar-refractivity contribution in [2.45, 2.75) is 6.42 Å². The molecule has 1 radical (unpaired) electrons. The van der Waals surface area contributed by atoms with E-state index in [1.165, 1.54) is 5.56 Å². The molecule has 2 aromatic carbocycles. The van der Waals surface area contributed by atoms with E-state index in [1.54, 1.807) is 0 Å². The van der Waals surface area contributed by atoms with Crippen LogP contribution in [0, 0.1) is 18.8 Å². The molecule has 0 atom stereocenters. The van der Waals surface area contributed by atoms with Crippen LogP contribution in [0.15, 0.2) is 54.6 Å². The van der Waals surface area contributed by atoms with E-state index in [0.29, 0.717) is 0 Å². The van der Waals surface area contributed by atoms with Crippen molar-refractivity contribution in [1.82, 2.24) is 0 Å². The normalized spacial score (nSPS) is 9.31. The van der Waals surface area contributed by atoms with Gasteiger partial charge in [0.25, 0.3) is 0 Å². The molecule has 0 aliphatic carbocycles. The molecule has 0 nitrogen and oxygen atoms in total. The van der Waals surface area contributed by atoms with Crippen LogP contribution in [0.2, 0.25) is 0 Å². The van der Waals surface area contributed by atoms with Crippen LogP contribution in [0.3, 0.4) is 0 Å². The van der Waals surface area contributed by atoms with Crippen LogP contribution in [0.4, 0.5) is 0 Å². The predicted molar refractivity (Wildman–Crippen MR) is 67.9 cm³/mol. The summed E-state index contributed by atoms with van der Waals surface area (Å²) in [6.07, 6.45) is 0.826. The van der Waals surface area contributed by atoms with E-state index >= 15 is 0 Å². The minimum atomic E-state index is 0.826. The summed E-state index contributed by atoms with van der Waals surface area (Å²) in [4.78, 5) is 0. The van der Waals surface area contributed by atoms with Gasteiger partial charge in [0, 0.05) is 11.1 Å². The molecule has 0 heteroatoms. The zero-order valence-corrected chi connectivity index (χ0v) is 9.11. The fraction of sp³-hybridized carbons (Fsp3) is 0.0625. The van der Waals surface area contributed by atoms with Crippen molar-refractivity contribution in [2.75, 3.05) is 0 Å². The molecule has 0 heterocycles. The summed E-state index contributed by atoms with van der Waals surface area (Å²) in [5, 5.41) is 0. The van der Waals surface area contributed by atoms with Crippen molar-refractivity contribution in [1.29, 1.82) is 0 Å². The Morgan fingerprint density at radius 3 is 1.88 bits per heavy atom. The van der Waals surface area contributed by atoms with Gasteiger partial charge >= 0.3 is 0 Å². The Hall–Kier alpha value is -2.00. The molecule has 0 amide bonds. The van der Waals surface area contributed by atoms with E-state index in [0.717, 1.165) is 17.5 Å². The van der Waals surface area contributed by atoms with E-state index in [-0.39, 0.29) is 0 Å². The summed E-state index contributed by atoms with van der Waals surface area (Å²) in [7, 11) is 0. The second-order valence-electron chi connectivity index (χ2n) is 3.56. The van der Waals surface area contributed by atoms with Gasteiger partial charge < -0.3 is 0 Å². The molecule has 2 rings (SSSR count). The third-order valence-electron chi connectivity index (χ3n) is 2.37. The van der Waals surface area contributed by atoms with E-state index in [9.17, 15) is 0 Å². The predicted octanol–water partition coefficient (Wildman–Crippen LogP) is 3.46. The van der Waals surface area contributed by atoms with Gasteiger partial charge in [0.15, 0.2) is 0 Å². The van der Waals surface area contributed by atoms with E-state index < -0.39 is 0 Å². The van der Waals surface area contributed by atoms with Crippen molar-refractivity contribution in [3.8, 4) is 11.8 Å². The molecule has 0 N–H and O–H groups in total. The smallest absolute Gasteiger partial charge is 0.0249 e. The molecule has 0 spiro atoms. The van der Waals surface area contributed by atoms with Gasteiger partial charge in [-0.05, 0) is 43.2 Å². The first-order chi connectivity index (χ1) is 7.88. The molecule has 16 heavy (non-hydrogen) atoms. The lowest BCUT2D eigenvalue weighted by Crippen LogP contribution is -1.80. The average molecular weight is 205 g/mol. The summed E-state index contributed by atoms with van der Waals surface area (Å²) in [5.41, 5.74) is 3.33. The number of benzene rings is 2. The zero-order valence-electron chi connectivity index (χ0n) is 9.11. The van der Waals surface area contributed by atoms with Crippen molar-refractivity contribution >= 4 is 0 Å². The highest BCUT2D eigenvalue weighted by atomic mass is 13.9. The summed E-state index contributed by atoms with van der Waals surface area (Å²) >= 11 is 0. The van der Waals surface area contributed by atoms with Gasteiger partial charge in [0.05, 0.1) is 0 Å². The van der Waals surface area contributed by atoms with Crippen LogP contribution in [-0.4, -0.2) is 0 Å². The van der Waals surface area contributed by atoms with E-state index in [1.807, 2.05) is 42.5 Å². The molecule has 0 aliphatic heterocycles. The van der Waals surface area contributed by atoms with E-state index in [4.69, 9.17) is 0 Å². The highest BCUT2D eigenvalue weighted by Gasteiger charge is 1.89. The number of hydrogen-bond donors (Lipinski definition) is 0. The van der Waals surface area contributed by atoms with Crippen LogP contribution < -0.4 is 0 Å². The highest BCUT2D eigenvalue weighted by molar-refractivity contribution is 5.43. The molecule has 77 valence electrons. The fourth-order valence-corrected chi connectivity index (χ4v) is 1.42. The maximum atomic E-state index is 3.84. The molecule has 0 unspecified atom stereocenters. The quantitative estimate of drug-likeness (QED) is 0.625. The molecule has 2 aromatic rings. The topological polar surface area (TPSA) is 0 Å². The zero-order chi connectivity index (χ0) is 11.2. The van der Waals surface area contributed by atoms with Crippen LogP contribution in [0.1, 0.15) is 16.7 Å². The molecular weight excluding hydrogens is 192 g/mol. The Morgan fingerprint density at radius 2 is 1.31 bits per heavy atom. The first-order valence-electron chi connectivity index (χ1n) is 5.34. The van der Waals surface area contributed by atoms with Crippen LogP contribution >= 0.6 is 0 Å². The lowest BCUT2D eigenvalue weighted by atomic mass is 10.1. The highest BCUT2D eigenvalue weighted by Crippen LogP contribution is 2.04. The van der Waals surface area contributed by atoms with Crippen LogP contribution in [0.25, 0.3) is 0 Å². The monoisotopic (exact) mass is 205 g/mol. The summed E-state index contributed by atoms with van der Waals surface area (Å²) < 4.78 is 0. The van der Waals surface area contributed by atoms with Gasteiger partial charge in [-0.1, -0.05) is 42.2 Å². The van der Waals surface area contributed by atoms with Gasteiger partial charge in [-0.15, -0.1) is 0 Å². The lowest BCUT2D eigenvalue weighted by Gasteiger charge is -1.95. The van der Waals surface area contributed by atoms with Crippen molar-refractivity contribution in [3.05, 3.63) is 78.2 Å². The van der Waals surface area contributed by atoms with Crippen molar-refractivity contribution < 1.29 is 0 Å². The molecule has 0 saturated heterocycles. The van der Waals surface area contributed by atoms with Gasteiger partial charge in [-0.25, -0.2) is 0 Å². The maximum Gasteiger partial charge on any atom is 0.0249 e. The second kappa shape index (κ2) is 5.19. The Balaban J connectivity index is 2.18. The maximum absolute atomic E-state index is 3.84. The van der Waals surface area contributed by atoms with Gasteiger partial charge in [0.2, 0.25) is 0 Å². The Morgan fingerprint density at radius 1 is 0.750 bits per heavy atom. The third-order valence-corrected chi connectivity index (χ3v) is 2.37. The molecule has 0 aliphatic rings. The Kier molecular flexibility index (Phi) is 3.41. The average Bonchev–Trinajstić information content (AvgIpc) is 2.38. The second-order valence-corrected chi connectivity index (χ2v) is 3.56. The SMILES string of the molecule is [CH2]Cc1ccc(C#Cc2ccccc2)cc1. The third kappa shape index (κ3) is 2.74. The largest absolute Gasteiger partial charge is 0.0622 e. The van der Waals surface area contributed by atoms with Gasteiger partial charge in [-0.2, -0.15) is 0 Å². The molecule has 0 bridgehead atoms. The molecule has 0 fully saturated rings. The minimum absolute atomic E-state index is 0.826. The van der Waals surface area contributed by atoms with E-state index in [2.05, 4.69) is 30.9 Å². The lowest BCUT2D eigenvalue weighted by molar-refractivity contribution is 1.27. The standard InChI is InChI=1S/C16H13/c1-2-14-8-10-16(11-9-14)13-12-15-6-4-3-5-7-15/h3-11H,1-2H2. The fourth-order valence-electron chi connectivity index (χ4n) is 1.42. The first-order valence-corrected chi connectivity index (χ1v) is 5.34. The summed E-state index contributed by atoms with van der Waals surface area (Å²) in [5.74, 6) is 6.27. The van der Waals surface area contributed by atoms with Gasteiger partial charge in [-0.3, -0.25) is 0 Å². The van der Waals surface area contributed by atoms with Crippen LogP contribution in [-0.2, 0) is 6.42 Å². The molecule has 0 saturated carbocycles.